The first-order valence-electron chi connectivity index (χ1n) is 15.7. The Kier molecular flexibility index (Phi) is 6.63. The van der Waals surface area contributed by atoms with Gasteiger partial charge in [-0.05, 0) is 77.1 Å². The molecule has 214 valence electrons. The van der Waals surface area contributed by atoms with E-state index < -0.39 is 0 Å². The first-order valence-corrected chi connectivity index (χ1v) is 16.6. The van der Waals surface area contributed by atoms with Crippen LogP contribution < -0.4 is 27.3 Å². The molecule has 1 aromatic heterocycles. The minimum atomic E-state index is 0.128. The Hall–Kier alpha value is -4.80. The van der Waals surface area contributed by atoms with E-state index in [4.69, 9.17) is 0 Å². The fourth-order valence-electron chi connectivity index (χ4n) is 7.75. The quantitative estimate of drug-likeness (QED) is 0.240. The fourth-order valence-corrected chi connectivity index (χ4v) is 9.07. The standard InChI is InChI=1S/C38H29B5O2S/c39-31-27-23-16-8-9-17-24(23)46-38(27)35(43)32(40)29(31)30-36(44)33(41)28(34(42)37(30)45)26-21-14-6-4-12-19(21)25(18-10-2-1-3-11-18)20-13-5-7-15-22(20)26/h1-17,44-45H,39-43H2. The molecule has 2 nitrogen and oxygen atoms in total. The molecule has 1 heterocycles. The van der Waals surface area contributed by atoms with Gasteiger partial charge in [-0.25, -0.2) is 0 Å². The number of aromatic hydroxyl groups is 2. The zero-order valence-corrected chi connectivity index (χ0v) is 27.4. The van der Waals surface area contributed by atoms with Crippen molar-refractivity contribution in [2.45, 2.75) is 0 Å². The van der Waals surface area contributed by atoms with E-state index in [0.717, 1.165) is 65.6 Å². The van der Waals surface area contributed by atoms with Crippen molar-refractivity contribution in [3.8, 4) is 44.9 Å². The minimum absolute atomic E-state index is 0.128. The molecule has 0 spiro atoms. The van der Waals surface area contributed by atoms with Crippen LogP contribution in [0.25, 0.3) is 75.1 Å². The molecule has 2 N–H and O–H groups in total. The molecular formula is C38H29B5O2S. The first-order chi connectivity index (χ1) is 22.3. The SMILES string of the molecule is Bc1c(O)c(-c2c(B)c(B)c3sc4ccccc4c3c2B)c(O)c(B)c1-c1c2ccccc2c(-c2ccccc2)c2ccccc12. The number of benzene rings is 7. The number of hydrogen-bond donors (Lipinski definition) is 2. The van der Waals surface area contributed by atoms with Gasteiger partial charge in [0.15, 0.2) is 0 Å². The van der Waals surface area contributed by atoms with Crippen LogP contribution in [-0.2, 0) is 0 Å². The van der Waals surface area contributed by atoms with Gasteiger partial charge in [-0.15, -0.1) is 11.3 Å². The number of rotatable bonds is 3. The van der Waals surface area contributed by atoms with E-state index in [1.54, 1.807) is 0 Å². The third-order valence-electron chi connectivity index (χ3n) is 10.1. The van der Waals surface area contributed by atoms with Crippen LogP contribution in [-0.4, -0.2) is 49.4 Å². The molecule has 0 saturated carbocycles. The summed E-state index contributed by atoms with van der Waals surface area (Å²) in [4.78, 5) is 0. The highest BCUT2D eigenvalue weighted by atomic mass is 32.1. The van der Waals surface area contributed by atoms with Crippen LogP contribution in [0.5, 0.6) is 11.5 Å². The van der Waals surface area contributed by atoms with Crippen LogP contribution in [0.2, 0.25) is 0 Å². The molecule has 7 aromatic carbocycles. The van der Waals surface area contributed by atoms with Crippen molar-refractivity contribution in [3.05, 3.63) is 103 Å². The molecule has 0 radical (unpaired) electrons. The molecule has 0 bridgehead atoms. The molecule has 0 saturated heterocycles. The summed E-state index contributed by atoms with van der Waals surface area (Å²) < 4.78 is 2.51. The Bertz CT molecular complexity index is 2470. The highest BCUT2D eigenvalue weighted by Crippen LogP contribution is 2.45. The van der Waals surface area contributed by atoms with Crippen LogP contribution in [0.1, 0.15) is 0 Å². The second-order valence-electron chi connectivity index (χ2n) is 12.5. The molecule has 46 heavy (non-hydrogen) atoms. The van der Waals surface area contributed by atoms with Crippen LogP contribution in [0, 0.1) is 0 Å². The number of thiophene rings is 1. The molecule has 0 aliphatic carbocycles. The number of phenols is 2. The average Bonchev–Trinajstić information content (AvgIpc) is 3.48. The Balaban J connectivity index is 1.48. The van der Waals surface area contributed by atoms with E-state index in [-0.39, 0.29) is 11.5 Å². The van der Waals surface area contributed by atoms with Gasteiger partial charge in [0.1, 0.15) is 50.7 Å². The van der Waals surface area contributed by atoms with Crippen molar-refractivity contribution in [2.75, 3.05) is 0 Å². The first kappa shape index (κ1) is 28.7. The Morgan fingerprint density at radius 3 is 1.41 bits per heavy atom. The van der Waals surface area contributed by atoms with E-state index in [1.807, 2.05) is 33.1 Å². The van der Waals surface area contributed by atoms with Gasteiger partial charge >= 0.3 is 0 Å². The second-order valence-corrected chi connectivity index (χ2v) is 13.5. The molecule has 0 amide bonds. The van der Waals surface area contributed by atoms with Crippen LogP contribution in [0.4, 0.5) is 0 Å². The smallest absolute Gasteiger partial charge is 0.145 e. The molecule has 8 heteroatoms. The zero-order chi connectivity index (χ0) is 31.9. The zero-order valence-electron chi connectivity index (χ0n) is 26.6. The van der Waals surface area contributed by atoms with E-state index in [0.29, 0.717) is 5.56 Å². The van der Waals surface area contributed by atoms with Gasteiger partial charge in [-0.2, -0.15) is 0 Å². The Morgan fingerprint density at radius 1 is 0.391 bits per heavy atom. The summed E-state index contributed by atoms with van der Waals surface area (Å²) in [6, 6.07) is 36.1. The van der Waals surface area contributed by atoms with Crippen molar-refractivity contribution < 1.29 is 10.2 Å². The fraction of sp³-hybridized carbons (Fsp3) is 0. The molecule has 0 aliphatic heterocycles. The van der Waals surface area contributed by atoms with Crippen LogP contribution in [0.15, 0.2) is 103 Å². The van der Waals surface area contributed by atoms with E-state index in [1.165, 1.54) is 31.2 Å². The van der Waals surface area contributed by atoms with Crippen molar-refractivity contribution in [2.24, 2.45) is 0 Å². The molecule has 0 unspecified atom stereocenters. The van der Waals surface area contributed by atoms with Gasteiger partial charge < -0.3 is 10.2 Å². The number of fused-ring (bicyclic) bond motifs is 5. The maximum atomic E-state index is 12.2. The van der Waals surface area contributed by atoms with Gasteiger partial charge in [0.05, 0.1) is 5.56 Å². The van der Waals surface area contributed by atoms with Gasteiger partial charge in [0.2, 0.25) is 0 Å². The van der Waals surface area contributed by atoms with Crippen molar-refractivity contribution in [1.29, 1.82) is 0 Å². The predicted octanol–water partition coefficient (Wildman–Crippen LogP) is 2.07. The van der Waals surface area contributed by atoms with E-state index in [9.17, 15) is 10.2 Å². The summed E-state index contributed by atoms with van der Waals surface area (Å²) in [5, 5.41) is 31.3. The van der Waals surface area contributed by atoms with E-state index >= 15 is 0 Å². The third kappa shape index (κ3) is 3.96. The highest BCUT2D eigenvalue weighted by molar-refractivity contribution is 7.27. The highest BCUT2D eigenvalue weighted by Gasteiger charge is 2.27. The maximum Gasteiger partial charge on any atom is 0.145 e. The monoisotopic (exact) mass is 604 g/mol. The summed E-state index contributed by atoms with van der Waals surface area (Å²) in [7, 11) is 10.4. The Morgan fingerprint density at radius 2 is 0.848 bits per heavy atom. The largest absolute Gasteiger partial charge is 0.508 e. The number of phenolic OH excluding ortho intramolecular Hbond substituents is 2. The summed E-state index contributed by atoms with van der Waals surface area (Å²) in [6.07, 6.45) is 0. The molecular weight excluding hydrogens is 575 g/mol. The van der Waals surface area contributed by atoms with Gasteiger partial charge in [0.25, 0.3) is 0 Å². The van der Waals surface area contributed by atoms with Crippen molar-refractivity contribution in [1.82, 2.24) is 0 Å². The lowest BCUT2D eigenvalue weighted by molar-refractivity contribution is 0.460. The topological polar surface area (TPSA) is 40.5 Å². The lowest BCUT2D eigenvalue weighted by Crippen LogP contribution is -2.34. The molecule has 8 aromatic rings. The lowest BCUT2D eigenvalue weighted by Gasteiger charge is -2.25. The average molecular weight is 604 g/mol. The normalized spacial score (nSPS) is 11.7. The summed E-state index contributed by atoms with van der Waals surface area (Å²) in [6.45, 7) is 0. The minimum Gasteiger partial charge on any atom is -0.508 e. The third-order valence-corrected chi connectivity index (χ3v) is 11.3. The molecule has 0 atom stereocenters. The second kappa shape index (κ2) is 10.6. The Labute approximate surface area is 276 Å². The van der Waals surface area contributed by atoms with Gasteiger partial charge in [-0.1, -0.05) is 113 Å². The van der Waals surface area contributed by atoms with Crippen LogP contribution in [0.3, 0.4) is 0 Å². The van der Waals surface area contributed by atoms with Gasteiger partial charge in [0, 0.05) is 9.40 Å². The summed E-state index contributed by atoms with van der Waals surface area (Å²) >= 11 is 1.81. The number of hydrogen-bond acceptors (Lipinski definition) is 3. The van der Waals surface area contributed by atoms with Crippen molar-refractivity contribution in [3.63, 3.8) is 0 Å². The van der Waals surface area contributed by atoms with E-state index in [2.05, 4.69) is 121 Å². The molecule has 0 aliphatic rings. The molecule has 8 rings (SSSR count). The molecule has 0 fully saturated rings. The van der Waals surface area contributed by atoms with Crippen LogP contribution >= 0.6 is 11.3 Å². The predicted molar refractivity (Wildman–Crippen MR) is 215 cm³/mol. The maximum absolute atomic E-state index is 12.2. The summed E-state index contributed by atoms with van der Waals surface area (Å²) in [5.41, 5.74) is 10.6. The summed E-state index contributed by atoms with van der Waals surface area (Å²) in [5.74, 6) is 0.255. The van der Waals surface area contributed by atoms with Gasteiger partial charge in [-0.3, -0.25) is 0 Å². The lowest BCUT2D eigenvalue weighted by atomic mass is 9.66. The van der Waals surface area contributed by atoms with Crippen molar-refractivity contribution >= 4 is 120 Å².